The van der Waals surface area contributed by atoms with Crippen molar-refractivity contribution in [2.45, 2.75) is 19.5 Å². The van der Waals surface area contributed by atoms with E-state index in [-0.39, 0.29) is 11.7 Å². The number of nitrogens with two attached hydrogens (primary N) is 1. The summed E-state index contributed by atoms with van der Waals surface area (Å²) in [5, 5.41) is 0. The molecule has 2 rings (SSSR count). The summed E-state index contributed by atoms with van der Waals surface area (Å²) < 4.78 is 1.55. The van der Waals surface area contributed by atoms with Crippen molar-refractivity contribution in [3.63, 3.8) is 0 Å². The van der Waals surface area contributed by atoms with E-state index < -0.39 is 0 Å². The van der Waals surface area contributed by atoms with Crippen LogP contribution >= 0.6 is 0 Å². The quantitative estimate of drug-likeness (QED) is 0.861. The van der Waals surface area contributed by atoms with E-state index >= 15 is 0 Å². The number of aryl methyl sites for hydroxylation is 1. The van der Waals surface area contributed by atoms with E-state index in [0.717, 1.165) is 11.1 Å². The summed E-state index contributed by atoms with van der Waals surface area (Å²) in [4.78, 5) is 15.3. The van der Waals surface area contributed by atoms with Gasteiger partial charge in [-0.2, -0.15) is 0 Å². The predicted molar refractivity (Wildman–Crippen MR) is 66.6 cm³/mol. The van der Waals surface area contributed by atoms with Crippen LogP contribution < -0.4 is 11.4 Å². The Bertz CT molecular complexity index is 548. The van der Waals surface area contributed by atoms with Gasteiger partial charge in [0, 0.05) is 25.0 Å². The zero-order valence-electron chi connectivity index (χ0n) is 9.71. The number of benzene rings is 1. The third kappa shape index (κ3) is 2.79. The van der Waals surface area contributed by atoms with Gasteiger partial charge in [-0.05, 0) is 18.1 Å². The maximum absolute atomic E-state index is 11.5. The van der Waals surface area contributed by atoms with Gasteiger partial charge < -0.3 is 5.73 Å². The van der Waals surface area contributed by atoms with Crippen LogP contribution in [0.4, 0.5) is 0 Å². The van der Waals surface area contributed by atoms with Gasteiger partial charge in [-0.1, -0.05) is 30.3 Å². The fourth-order valence-corrected chi connectivity index (χ4v) is 1.71. The lowest BCUT2D eigenvalue weighted by molar-refractivity contribution is 0.549. The van der Waals surface area contributed by atoms with Gasteiger partial charge in [0.2, 0.25) is 0 Å². The van der Waals surface area contributed by atoms with Crippen molar-refractivity contribution in [1.82, 2.24) is 9.55 Å². The van der Waals surface area contributed by atoms with Gasteiger partial charge in [0.1, 0.15) is 0 Å². The van der Waals surface area contributed by atoms with Crippen molar-refractivity contribution in [2.75, 3.05) is 0 Å². The first kappa shape index (κ1) is 11.5. The van der Waals surface area contributed by atoms with Crippen molar-refractivity contribution < 1.29 is 0 Å². The highest BCUT2D eigenvalue weighted by Gasteiger charge is 2.07. The minimum atomic E-state index is -0.262. The van der Waals surface area contributed by atoms with E-state index in [1.54, 1.807) is 17.0 Å². The van der Waals surface area contributed by atoms with Crippen molar-refractivity contribution in [3.05, 3.63) is 64.3 Å². The van der Waals surface area contributed by atoms with E-state index in [1.165, 1.54) is 0 Å². The van der Waals surface area contributed by atoms with Gasteiger partial charge in [0.05, 0.1) is 0 Å². The molecule has 0 fully saturated rings. The minimum absolute atomic E-state index is 0.197. The van der Waals surface area contributed by atoms with Gasteiger partial charge in [-0.3, -0.25) is 4.57 Å². The Labute approximate surface area is 99.7 Å². The molecule has 2 aromatic rings. The average Bonchev–Trinajstić information content (AvgIpc) is 2.35. The largest absolute Gasteiger partial charge is 0.347 e. The van der Waals surface area contributed by atoms with E-state index in [4.69, 9.17) is 5.73 Å². The standard InChI is InChI=1S/C13H15N3O/c1-10-7-15-13(17)16(8-10)9-12(14)11-5-3-2-4-6-11/h2-8,12H,9,14H2,1H3. The fourth-order valence-electron chi connectivity index (χ4n) is 1.71. The van der Waals surface area contributed by atoms with Crippen LogP contribution in [0.25, 0.3) is 0 Å². The van der Waals surface area contributed by atoms with Gasteiger partial charge in [-0.25, -0.2) is 9.78 Å². The number of nitrogens with zero attached hydrogens (tertiary/aromatic N) is 2. The van der Waals surface area contributed by atoms with Gasteiger partial charge in [0.25, 0.3) is 0 Å². The van der Waals surface area contributed by atoms with E-state index in [0.29, 0.717) is 6.54 Å². The Morgan fingerprint density at radius 3 is 2.76 bits per heavy atom. The molecular formula is C13H15N3O. The molecule has 17 heavy (non-hydrogen) atoms. The second-order valence-electron chi connectivity index (χ2n) is 4.08. The van der Waals surface area contributed by atoms with Gasteiger partial charge in [-0.15, -0.1) is 0 Å². The van der Waals surface area contributed by atoms with Crippen LogP contribution in [0.5, 0.6) is 0 Å². The van der Waals surface area contributed by atoms with Crippen molar-refractivity contribution in [2.24, 2.45) is 5.73 Å². The lowest BCUT2D eigenvalue weighted by atomic mass is 10.1. The molecule has 1 aromatic heterocycles. The molecule has 0 aliphatic rings. The van der Waals surface area contributed by atoms with Crippen molar-refractivity contribution in [3.8, 4) is 0 Å². The highest BCUT2D eigenvalue weighted by molar-refractivity contribution is 5.18. The van der Waals surface area contributed by atoms with Crippen LogP contribution in [-0.2, 0) is 6.54 Å². The topological polar surface area (TPSA) is 60.9 Å². The second kappa shape index (κ2) is 4.93. The Kier molecular flexibility index (Phi) is 3.35. The minimum Gasteiger partial charge on any atom is -0.322 e. The summed E-state index contributed by atoms with van der Waals surface area (Å²) in [6.07, 6.45) is 3.34. The third-order valence-corrected chi connectivity index (χ3v) is 2.60. The SMILES string of the molecule is Cc1cnc(=O)n(CC(N)c2ccccc2)c1. The summed E-state index contributed by atoms with van der Waals surface area (Å²) >= 11 is 0. The smallest absolute Gasteiger partial charge is 0.322 e. The molecule has 0 amide bonds. The maximum atomic E-state index is 11.5. The molecule has 88 valence electrons. The first-order valence-electron chi connectivity index (χ1n) is 5.50. The van der Waals surface area contributed by atoms with Gasteiger partial charge in [0.15, 0.2) is 0 Å². The normalized spacial score (nSPS) is 12.4. The zero-order chi connectivity index (χ0) is 12.3. The molecule has 2 N–H and O–H groups in total. The Morgan fingerprint density at radius 1 is 1.35 bits per heavy atom. The Morgan fingerprint density at radius 2 is 2.06 bits per heavy atom. The molecule has 0 bridgehead atoms. The molecule has 0 saturated heterocycles. The molecule has 0 aliphatic heterocycles. The molecule has 0 aliphatic carbocycles. The molecule has 4 nitrogen and oxygen atoms in total. The molecule has 0 radical (unpaired) electrons. The summed E-state index contributed by atoms with van der Waals surface area (Å²) in [7, 11) is 0. The molecule has 4 heteroatoms. The molecule has 1 atom stereocenters. The Balaban J connectivity index is 2.21. The van der Waals surface area contributed by atoms with Gasteiger partial charge >= 0.3 is 5.69 Å². The maximum Gasteiger partial charge on any atom is 0.347 e. The molecule has 1 heterocycles. The highest BCUT2D eigenvalue weighted by atomic mass is 16.1. The molecule has 0 spiro atoms. The average molecular weight is 229 g/mol. The van der Waals surface area contributed by atoms with Crippen LogP contribution in [-0.4, -0.2) is 9.55 Å². The lowest BCUT2D eigenvalue weighted by Gasteiger charge is -2.13. The molecule has 1 aromatic carbocycles. The zero-order valence-corrected chi connectivity index (χ0v) is 9.71. The summed E-state index contributed by atoms with van der Waals surface area (Å²) in [6, 6.07) is 9.53. The number of hydrogen-bond donors (Lipinski definition) is 1. The van der Waals surface area contributed by atoms with Crippen LogP contribution in [0.2, 0.25) is 0 Å². The predicted octanol–water partition coefficient (Wildman–Crippen LogP) is 1.25. The summed E-state index contributed by atoms with van der Waals surface area (Å²) in [6.45, 7) is 2.34. The number of rotatable bonds is 3. The number of aromatic nitrogens is 2. The first-order chi connectivity index (χ1) is 8.16. The van der Waals surface area contributed by atoms with E-state index in [9.17, 15) is 4.79 Å². The van der Waals surface area contributed by atoms with Crippen molar-refractivity contribution >= 4 is 0 Å². The monoisotopic (exact) mass is 229 g/mol. The van der Waals surface area contributed by atoms with Crippen LogP contribution in [0.15, 0.2) is 47.5 Å². The van der Waals surface area contributed by atoms with Crippen molar-refractivity contribution in [1.29, 1.82) is 0 Å². The van der Waals surface area contributed by atoms with Crippen LogP contribution in [0.1, 0.15) is 17.2 Å². The summed E-state index contributed by atoms with van der Waals surface area (Å²) in [5.74, 6) is 0. The lowest BCUT2D eigenvalue weighted by Crippen LogP contribution is -2.28. The number of hydrogen-bond acceptors (Lipinski definition) is 3. The van der Waals surface area contributed by atoms with Crippen LogP contribution in [0, 0.1) is 6.92 Å². The van der Waals surface area contributed by atoms with Crippen LogP contribution in [0.3, 0.4) is 0 Å². The molecule has 1 unspecified atom stereocenters. The Hall–Kier alpha value is -1.94. The summed E-state index contributed by atoms with van der Waals surface area (Å²) in [5.41, 5.74) is 7.76. The van der Waals surface area contributed by atoms with E-state index in [1.807, 2.05) is 37.3 Å². The fraction of sp³-hybridized carbons (Fsp3) is 0.231. The highest BCUT2D eigenvalue weighted by Crippen LogP contribution is 2.10. The molecule has 0 saturated carbocycles. The van der Waals surface area contributed by atoms with E-state index in [2.05, 4.69) is 4.98 Å². The first-order valence-corrected chi connectivity index (χ1v) is 5.50. The molecular weight excluding hydrogens is 214 g/mol. The second-order valence-corrected chi connectivity index (χ2v) is 4.08. The third-order valence-electron chi connectivity index (χ3n) is 2.60.